The van der Waals surface area contributed by atoms with E-state index in [-0.39, 0.29) is 11.3 Å². The Morgan fingerprint density at radius 2 is 1.79 bits per heavy atom. The number of aliphatic hydroxyl groups is 1. The van der Waals surface area contributed by atoms with E-state index in [1.807, 2.05) is 56.3 Å². The first-order valence-electron chi connectivity index (χ1n) is 10.8. The van der Waals surface area contributed by atoms with Crippen LogP contribution in [0.1, 0.15) is 28.3 Å². The van der Waals surface area contributed by atoms with Gasteiger partial charge >= 0.3 is 5.91 Å². The first-order chi connectivity index (χ1) is 16.4. The van der Waals surface area contributed by atoms with Crippen molar-refractivity contribution >= 4 is 44.1 Å². The maximum atomic E-state index is 13.4. The quantitative estimate of drug-likeness (QED) is 0.240. The summed E-state index contributed by atoms with van der Waals surface area (Å²) in [7, 11) is 1.53. The van der Waals surface area contributed by atoms with Gasteiger partial charge in [-0.25, -0.2) is 4.98 Å². The van der Waals surface area contributed by atoms with Gasteiger partial charge in [-0.2, -0.15) is 0 Å². The summed E-state index contributed by atoms with van der Waals surface area (Å²) in [6.07, 6.45) is 0. The van der Waals surface area contributed by atoms with Crippen molar-refractivity contribution in [1.82, 2.24) is 4.98 Å². The van der Waals surface area contributed by atoms with E-state index >= 15 is 0 Å². The van der Waals surface area contributed by atoms with Crippen LogP contribution in [0.2, 0.25) is 0 Å². The predicted octanol–water partition coefficient (Wildman–Crippen LogP) is 5.55. The van der Waals surface area contributed by atoms with Gasteiger partial charge in [-0.1, -0.05) is 59.9 Å². The van der Waals surface area contributed by atoms with Crippen molar-refractivity contribution < 1.29 is 19.4 Å². The number of benzene rings is 3. The third kappa shape index (κ3) is 3.54. The summed E-state index contributed by atoms with van der Waals surface area (Å²) in [6.45, 7) is 3.99. The lowest BCUT2D eigenvalue weighted by molar-refractivity contribution is -0.132. The van der Waals surface area contributed by atoms with E-state index in [1.54, 1.807) is 24.3 Å². The fourth-order valence-corrected chi connectivity index (χ4v) is 5.54. The molecule has 1 atom stereocenters. The second-order valence-electron chi connectivity index (χ2n) is 8.24. The monoisotopic (exact) mass is 470 g/mol. The standard InChI is InChI=1S/C27H22N2O4S/c1-15-12-16(2)22-20(13-15)34-27(28-22)29-23(17-8-5-4-6-9-17)21(25(31)26(29)32)24(30)18-10-7-11-19(14-18)33-3/h4-14,23,30H,1-3H3. The Balaban J connectivity index is 1.73. The zero-order chi connectivity index (χ0) is 24.0. The number of rotatable bonds is 4. The van der Waals surface area contributed by atoms with Crippen LogP contribution in [0.3, 0.4) is 0 Å². The van der Waals surface area contributed by atoms with E-state index in [0.717, 1.165) is 21.3 Å². The molecule has 1 fully saturated rings. The molecular weight excluding hydrogens is 448 g/mol. The Hall–Kier alpha value is -3.97. The Labute approximate surface area is 200 Å². The molecule has 4 aromatic rings. The lowest BCUT2D eigenvalue weighted by Gasteiger charge is -2.23. The summed E-state index contributed by atoms with van der Waals surface area (Å²) in [4.78, 5) is 32.8. The molecule has 0 saturated carbocycles. The van der Waals surface area contributed by atoms with Gasteiger partial charge in [0.2, 0.25) is 0 Å². The summed E-state index contributed by atoms with van der Waals surface area (Å²) in [5.41, 5.74) is 4.03. The van der Waals surface area contributed by atoms with Crippen LogP contribution in [-0.4, -0.2) is 28.9 Å². The van der Waals surface area contributed by atoms with Crippen LogP contribution in [0.25, 0.3) is 16.0 Å². The number of aliphatic hydroxyl groups excluding tert-OH is 1. The van der Waals surface area contributed by atoms with E-state index in [9.17, 15) is 14.7 Å². The first-order valence-corrected chi connectivity index (χ1v) is 11.6. The number of carbonyl (C=O) groups excluding carboxylic acids is 2. The van der Waals surface area contributed by atoms with E-state index in [4.69, 9.17) is 9.72 Å². The normalized spacial score (nSPS) is 17.5. The molecule has 1 aliphatic heterocycles. The second kappa shape index (κ2) is 8.43. The molecule has 6 nitrogen and oxygen atoms in total. The van der Waals surface area contributed by atoms with Crippen molar-refractivity contribution in [2.45, 2.75) is 19.9 Å². The number of nitrogens with zero attached hydrogens (tertiary/aromatic N) is 2. The number of carbonyl (C=O) groups is 2. The van der Waals surface area contributed by atoms with E-state index in [2.05, 4.69) is 0 Å². The zero-order valence-corrected chi connectivity index (χ0v) is 19.7. The molecule has 1 amide bonds. The van der Waals surface area contributed by atoms with Crippen molar-refractivity contribution in [3.63, 3.8) is 0 Å². The summed E-state index contributed by atoms with van der Waals surface area (Å²) in [6, 6.07) is 19.2. The molecule has 5 rings (SSSR count). The maximum absolute atomic E-state index is 13.4. The van der Waals surface area contributed by atoms with Gasteiger partial charge in [-0.15, -0.1) is 0 Å². The molecule has 170 valence electrons. The molecule has 0 radical (unpaired) electrons. The summed E-state index contributed by atoms with van der Waals surface area (Å²) >= 11 is 1.36. The number of thiazole rings is 1. The van der Waals surface area contributed by atoms with Crippen LogP contribution in [0, 0.1) is 13.8 Å². The van der Waals surface area contributed by atoms with Crippen molar-refractivity contribution in [3.8, 4) is 5.75 Å². The average molecular weight is 471 g/mol. The number of Topliss-reactive ketones (excluding diaryl/α,β-unsaturated/α-hetero) is 1. The number of ether oxygens (including phenoxy) is 1. The van der Waals surface area contributed by atoms with Gasteiger partial charge in [0.05, 0.1) is 28.9 Å². The highest BCUT2D eigenvalue weighted by Crippen LogP contribution is 2.44. The number of anilines is 1. The number of hydrogen-bond donors (Lipinski definition) is 1. The topological polar surface area (TPSA) is 79.7 Å². The van der Waals surface area contributed by atoms with Crippen molar-refractivity contribution in [3.05, 3.63) is 94.6 Å². The lowest BCUT2D eigenvalue weighted by atomic mass is 9.95. The van der Waals surface area contributed by atoms with Gasteiger partial charge in [0.15, 0.2) is 5.13 Å². The Morgan fingerprint density at radius 3 is 2.53 bits per heavy atom. The third-order valence-electron chi connectivity index (χ3n) is 5.93. The average Bonchev–Trinajstić information content (AvgIpc) is 3.38. The molecule has 34 heavy (non-hydrogen) atoms. The first kappa shape index (κ1) is 21.9. The van der Waals surface area contributed by atoms with Crippen LogP contribution in [-0.2, 0) is 9.59 Å². The van der Waals surface area contributed by atoms with Crippen LogP contribution in [0.5, 0.6) is 5.75 Å². The van der Waals surface area contributed by atoms with Gasteiger partial charge in [0, 0.05) is 5.56 Å². The SMILES string of the molecule is COc1cccc(C(O)=C2C(=O)C(=O)N(c3nc4c(C)cc(C)cc4s3)C2c2ccccc2)c1. The number of amides is 1. The molecule has 0 bridgehead atoms. The molecule has 0 spiro atoms. The molecule has 1 aromatic heterocycles. The molecule has 3 aromatic carbocycles. The molecule has 1 saturated heterocycles. The molecule has 7 heteroatoms. The molecule has 1 unspecified atom stereocenters. The summed E-state index contributed by atoms with van der Waals surface area (Å²) in [5.74, 6) is -1.18. The van der Waals surface area contributed by atoms with Gasteiger partial charge in [-0.3, -0.25) is 14.5 Å². The second-order valence-corrected chi connectivity index (χ2v) is 9.25. The number of aromatic nitrogens is 1. The van der Waals surface area contributed by atoms with Gasteiger partial charge in [0.25, 0.3) is 5.78 Å². The maximum Gasteiger partial charge on any atom is 0.301 e. The molecule has 1 aliphatic rings. The Morgan fingerprint density at radius 1 is 1.03 bits per heavy atom. The number of aryl methyl sites for hydroxylation is 2. The van der Waals surface area contributed by atoms with Gasteiger partial charge in [0.1, 0.15) is 11.5 Å². The number of hydrogen-bond acceptors (Lipinski definition) is 6. The third-order valence-corrected chi connectivity index (χ3v) is 6.93. The molecular formula is C27H22N2O4S. The highest BCUT2D eigenvalue weighted by Gasteiger charge is 2.48. The minimum Gasteiger partial charge on any atom is -0.507 e. The van der Waals surface area contributed by atoms with Gasteiger partial charge in [-0.05, 0) is 48.7 Å². The van der Waals surface area contributed by atoms with Crippen LogP contribution < -0.4 is 9.64 Å². The highest BCUT2D eigenvalue weighted by molar-refractivity contribution is 7.22. The molecule has 1 N–H and O–H groups in total. The van der Waals surface area contributed by atoms with Crippen LogP contribution >= 0.6 is 11.3 Å². The Bertz CT molecular complexity index is 1470. The highest BCUT2D eigenvalue weighted by atomic mass is 32.1. The van der Waals surface area contributed by atoms with Crippen molar-refractivity contribution in [1.29, 1.82) is 0 Å². The van der Waals surface area contributed by atoms with Gasteiger partial charge < -0.3 is 9.84 Å². The van der Waals surface area contributed by atoms with Crippen LogP contribution in [0.4, 0.5) is 5.13 Å². The summed E-state index contributed by atoms with van der Waals surface area (Å²) < 4.78 is 6.21. The van der Waals surface area contributed by atoms with E-state index in [1.165, 1.54) is 23.3 Å². The smallest absolute Gasteiger partial charge is 0.301 e. The minimum absolute atomic E-state index is 0.0246. The Kier molecular flexibility index (Phi) is 5.42. The number of methoxy groups -OCH3 is 1. The molecule has 2 heterocycles. The lowest BCUT2D eigenvalue weighted by Crippen LogP contribution is -2.29. The minimum atomic E-state index is -0.811. The largest absolute Gasteiger partial charge is 0.507 e. The summed E-state index contributed by atoms with van der Waals surface area (Å²) in [5, 5.41) is 11.7. The van der Waals surface area contributed by atoms with Crippen molar-refractivity contribution in [2.24, 2.45) is 0 Å². The fourth-order valence-electron chi connectivity index (χ4n) is 4.37. The molecule has 0 aliphatic carbocycles. The van der Waals surface area contributed by atoms with E-state index < -0.39 is 17.7 Å². The fraction of sp³-hybridized carbons (Fsp3) is 0.148. The predicted molar refractivity (Wildman–Crippen MR) is 133 cm³/mol. The number of ketones is 1. The number of fused-ring (bicyclic) bond motifs is 1. The van der Waals surface area contributed by atoms with Crippen LogP contribution in [0.15, 0.2) is 72.3 Å². The zero-order valence-electron chi connectivity index (χ0n) is 18.9. The van der Waals surface area contributed by atoms with E-state index in [0.29, 0.717) is 22.0 Å². The van der Waals surface area contributed by atoms with Crippen molar-refractivity contribution in [2.75, 3.05) is 12.0 Å².